The molecular weight excluding hydrogens is 359 g/mol. The summed E-state index contributed by atoms with van der Waals surface area (Å²) in [5, 5.41) is 11.6. The molecule has 2 aliphatic rings. The van der Waals surface area contributed by atoms with Gasteiger partial charge in [-0.05, 0) is 30.5 Å². The number of nitro benzene ring substituents is 1. The van der Waals surface area contributed by atoms with E-state index in [2.05, 4.69) is 19.1 Å². The van der Waals surface area contributed by atoms with Crippen molar-refractivity contribution in [3.63, 3.8) is 0 Å². The minimum atomic E-state index is -0.507. The van der Waals surface area contributed by atoms with Crippen LogP contribution in [-0.4, -0.2) is 44.2 Å². The van der Waals surface area contributed by atoms with Crippen molar-refractivity contribution >= 4 is 17.1 Å². The summed E-state index contributed by atoms with van der Waals surface area (Å²) in [4.78, 5) is 16.7. The lowest BCUT2D eigenvalue weighted by Crippen LogP contribution is -3.14. The quantitative estimate of drug-likeness (QED) is 0.646. The maximum absolute atomic E-state index is 14.8. The number of nitro groups is 1. The molecule has 0 aliphatic carbocycles. The molecular formula is C21H26FN4O2+. The fourth-order valence-electron chi connectivity index (χ4n) is 4.30. The van der Waals surface area contributed by atoms with Crippen LogP contribution in [0.1, 0.15) is 18.1 Å². The summed E-state index contributed by atoms with van der Waals surface area (Å²) in [6, 6.07) is 11.0. The van der Waals surface area contributed by atoms with E-state index in [1.807, 2.05) is 21.9 Å². The Morgan fingerprint density at radius 2 is 1.79 bits per heavy atom. The highest BCUT2D eigenvalue weighted by atomic mass is 19.1. The molecule has 6 nitrogen and oxygen atoms in total. The van der Waals surface area contributed by atoms with Crippen LogP contribution in [0.3, 0.4) is 0 Å². The zero-order chi connectivity index (χ0) is 19.7. The van der Waals surface area contributed by atoms with Crippen molar-refractivity contribution in [2.45, 2.75) is 19.9 Å². The average Bonchev–Trinajstić information content (AvgIpc) is 2.73. The largest absolute Gasteiger partial charge is 0.361 e. The maximum Gasteiger partial charge on any atom is 0.295 e. The van der Waals surface area contributed by atoms with Gasteiger partial charge in [0.25, 0.3) is 5.69 Å². The number of nitrogens with zero attached hydrogens (tertiary/aromatic N) is 3. The fraction of sp³-hybridized carbons (Fsp3) is 0.429. The lowest BCUT2D eigenvalue weighted by molar-refractivity contribution is -0.898. The van der Waals surface area contributed by atoms with Gasteiger partial charge in [-0.25, -0.2) is 4.39 Å². The Balaban J connectivity index is 1.67. The molecule has 0 atom stereocenters. The highest BCUT2D eigenvalue weighted by molar-refractivity contribution is 5.71. The second-order valence-electron chi connectivity index (χ2n) is 7.58. The van der Waals surface area contributed by atoms with E-state index in [9.17, 15) is 14.5 Å². The number of likely N-dealkylation sites (N-methyl/N-ethyl adjacent to an activating group) is 1. The molecule has 2 aliphatic heterocycles. The molecule has 0 amide bonds. The fourth-order valence-corrected chi connectivity index (χ4v) is 4.30. The zero-order valence-electron chi connectivity index (χ0n) is 16.2. The minimum absolute atomic E-state index is 0.154. The van der Waals surface area contributed by atoms with Gasteiger partial charge in [-0.2, -0.15) is 0 Å². The van der Waals surface area contributed by atoms with Gasteiger partial charge in [0.2, 0.25) is 0 Å². The first kappa shape index (κ1) is 18.7. The number of anilines is 2. The zero-order valence-corrected chi connectivity index (χ0v) is 16.2. The third-order valence-electron chi connectivity index (χ3n) is 6.02. The number of benzene rings is 2. The Morgan fingerprint density at radius 3 is 2.46 bits per heavy atom. The van der Waals surface area contributed by atoms with Gasteiger partial charge in [0.05, 0.1) is 49.4 Å². The second kappa shape index (κ2) is 7.75. The lowest BCUT2D eigenvalue weighted by Gasteiger charge is -2.35. The first-order chi connectivity index (χ1) is 13.6. The molecule has 0 unspecified atom stereocenters. The first-order valence-corrected chi connectivity index (χ1v) is 9.95. The van der Waals surface area contributed by atoms with Crippen LogP contribution in [0, 0.1) is 15.9 Å². The Morgan fingerprint density at radius 1 is 1.07 bits per heavy atom. The third-order valence-corrected chi connectivity index (χ3v) is 6.02. The van der Waals surface area contributed by atoms with Crippen molar-refractivity contribution in [1.82, 2.24) is 0 Å². The summed E-state index contributed by atoms with van der Waals surface area (Å²) < 4.78 is 14.8. The van der Waals surface area contributed by atoms with Crippen molar-refractivity contribution in [2.24, 2.45) is 0 Å². The van der Waals surface area contributed by atoms with E-state index >= 15 is 0 Å². The molecule has 28 heavy (non-hydrogen) atoms. The number of quaternary nitrogens is 1. The Hall–Kier alpha value is -2.67. The van der Waals surface area contributed by atoms with Gasteiger partial charge in [-0.1, -0.05) is 24.3 Å². The number of halogens is 1. The third kappa shape index (κ3) is 3.54. The van der Waals surface area contributed by atoms with E-state index in [0.717, 1.165) is 45.2 Å². The molecule has 7 heteroatoms. The van der Waals surface area contributed by atoms with Crippen molar-refractivity contribution in [2.75, 3.05) is 49.1 Å². The molecule has 0 aromatic heterocycles. The van der Waals surface area contributed by atoms with Crippen molar-refractivity contribution in [3.8, 4) is 0 Å². The summed E-state index contributed by atoms with van der Waals surface area (Å²) >= 11 is 0. The number of hydrogen-bond acceptors (Lipinski definition) is 4. The van der Waals surface area contributed by atoms with Crippen molar-refractivity contribution in [3.05, 3.63) is 63.5 Å². The second-order valence-corrected chi connectivity index (χ2v) is 7.58. The Labute approximate surface area is 164 Å². The molecule has 1 saturated heterocycles. The summed E-state index contributed by atoms with van der Waals surface area (Å²) in [6.07, 6.45) is 0.832. The molecule has 2 aromatic rings. The Bertz CT molecular complexity index is 881. The van der Waals surface area contributed by atoms with Gasteiger partial charge < -0.3 is 14.7 Å². The normalized spacial score (nSPS) is 17.5. The molecule has 148 valence electrons. The van der Waals surface area contributed by atoms with Crippen LogP contribution in [0.25, 0.3) is 0 Å². The summed E-state index contributed by atoms with van der Waals surface area (Å²) in [6.45, 7) is 7.96. The predicted octanol–water partition coefficient (Wildman–Crippen LogP) is 2.02. The number of fused-ring (bicyclic) bond motifs is 1. The predicted molar refractivity (Wildman–Crippen MR) is 108 cm³/mol. The average molecular weight is 385 g/mol. The van der Waals surface area contributed by atoms with Crippen LogP contribution < -0.4 is 14.7 Å². The summed E-state index contributed by atoms with van der Waals surface area (Å²) in [7, 11) is 0. The van der Waals surface area contributed by atoms with Crippen LogP contribution >= 0.6 is 0 Å². The monoisotopic (exact) mass is 385 g/mol. The maximum atomic E-state index is 14.8. The highest BCUT2D eigenvalue weighted by Gasteiger charge is 2.29. The standard InChI is InChI=1S/C21H25FN4O2/c1-2-23-9-11-24(12-10-23)19-14-20(21(26(27)28)13-18(19)22)25-8-7-16-5-3-4-6-17(16)15-25/h3-6,13-14H,2,7-12,15H2,1H3/p+1. The molecule has 0 spiro atoms. The Kier molecular flexibility index (Phi) is 5.17. The molecule has 2 aromatic carbocycles. The summed E-state index contributed by atoms with van der Waals surface area (Å²) in [5.41, 5.74) is 3.30. The number of hydrogen-bond donors (Lipinski definition) is 1. The van der Waals surface area contributed by atoms with Crippen molar-refractivity contribution in [1.29, 1.82) is 0 Å². The molecule has 0 bridgehead atoms. The van der Waals surface area contributed by atoms with E-state index in [4.69, 9.17) is 0 Å². The van der Waals surface area contributed by atoms with Gasteiger partial charge in [-0.3, -0.25) is 10.1 Å². The van der Waals surface area contributed by atoms with E-state index in [-0.39, 0.29) is 5.69 Å². The van der Waals surface area contributed by atoms with Crippen LogP contribution in [0.15, 0.2) is 36.4 Å². The number of piperazine rings is 1. The van der Waals surface area contributed by atoms with E-state index < -0.39 is 10.7 Å². The highest BCUT2D eigenvalue weighted by Crippen LogP contribution is 2.37. The number of nitrogens with one attached hydrogen (secondary N) is 1. The number of rotatable bonds is 4. The van der Waals surface area contributed by atoms with Crippen molar-refractivity contribution < 1.29 is 14.2 Å². The molecule has 1 fully saturated rings. The van der Waals surface area contributed by atoms with E-state index in [1.165, 1.54) is 16.0 Å². The van der Waals surface area contributed by atoms with Crippen LogP contribution in [0.5, 0.6) is 0 Å². The van der Waals surface area contributed by atoms with Gasteiger partial charge in [0.1, 0.15) is 5.69 Å². The minimum Gasteiger partial charge on any atom is -0.361 e. The molecule has 0 radical (unpaired) electrons. The van der Waals surface area contributed by atoms with Gasteiger partial charge in [0.15, 0.2) is 5.82 Å². The summed E-state index contributed by atoms with van der Waals surface area (Å²) in [5.74, 6) is -0.507. The molecule has 1 N–H and O–H groups in total. The van der Waals surface area contributed by atoms with E-state index in [1.54, 1.807) is 6.07 Å². The van der Waals surface area contributed by atoms with E-state index in [0.29, 0.717) is 24.5 Å². The molecule has 4 rings (SSSR count). The molecule has 0 saturated carbocycles. The lowest BCUT2D eigenvalue weighted by atomic mass is 9.99. The van der Waals surface area contributed by atoms with Crippen LogP contribution in [0.4, 0.5) is 21.5 Å². The van der Waals surface area contributed by atoms with Crippen LogP contribution in [-0.2, 0) is 13.0 Å². The smallest absolute Gasteiger partial charge is 0.295 e. The molecule has 2 heterocycles. The topological polar surface area (TPSA) is 54.1 Å². The SMILES string of the molecule is CC[NH+]1CCN(c2cc(N3CCc4ccccc4C3)c([N+](=O)[O-])cc2F)CC1. The van der Waals surface area contributed by atoms with Gasteiger partial charge in [-0.15, -0.1) is 0 Å². The van der Waals surface area contributed by atoms with Crippen LogP contribution in [0.2, 0.25) is 0 Å². The van der Waals surface area contributed by atoms with Gasteiger partial charge >= 0.3 is 0 Å². The first-order valence-electron chi connectivity index (χ1n) is 9.95. The van der Waals surface area contributed by atoms with Gasteiger partial charge in [0, 0.05) is 13.1 Å².